The smallest absolute Gasteiger partial charge is 0.169 e. The maximum absolute atomic E-state index is 5.54. The van der Waals surface area contributed by atoms with Crippen molar-refractivity contribution in [1.29, 1.82) is 0 Å². The lowest BCUT2D eigenvalue weighted by molar-refractivity contribution is 0.346. The van der Waals surface area contributed by atoms with Gasteiger partial charge in [0.2, 0.25) is 0 Å². The van der Waals surface area contributed by atoms with Crippen molar-refractivity contribution < 1.29 is 4.42 Å². The van der Waals surface area contributed by atoms with E-state index >= 15 is 0 Å². The Labute approximate surface area is 99.6 Å². The first-order valence-electron chi connectivity index (χ1n) is 5.68. The van der Waals surface area contributed by atoms with Gasteiger partial charge in [-0.2, -0.15) is 0 Å². The van der Waals surface area contributed by atoms with E-state index in [2.05, 4.69) is 35.1 Å². The van der Waals surface area contributed by atoms with Crippen LogP contribution in [0.15, 0.2) is 21.2 Å². The fraction of sp³-hybridized carbons (Fsp3) is 0.667. The first-order valence-corrected chi connectivity index (χ1v) is 6.47. The molecule has 15 heavy (non-hydrogen) atoms. The molecule has 3 unspecified atom stereocenters. The van der Waals surface area contributed by atoms with Crippen LogP contribution in [0.5, 0.6) is 0 Å². The molecule has 1 N–H and O–H groups in total. The van der Waals surface area contributed by atoms with Gasteiger partial charge in [-0.25, -0.2) is 0 Å². The zero-order valence-corrected chi connectivity index (χ0v) is 10.9. The number of furan rings is 1. The lowest BCUT2D eigenvalue weighted by Crippen LogP contribution is -2.33. The van der Waals surface area contributed by atoms with Crippen LogP contribution in [0.2, 0.25) is 0 Å². The highest BCUT2D eigenvalue weighted by Gasteiger charge is 2.25. The Kier molecular flexibility index (Phi) is 3.52. The van der Waals surface area contributed by atoms with E-state index in [9.17, 15) is 0 Å². The first kappa shape index (κ1) is 11.2. The number of halogens is 1. The van der Waals surface area contributed by atoms with Crippen molar-refractivity contribution in [2.24, 2.45) is 5.92 Å². The second-order valence-electron chi connectivity index (χ2n) is 4.54. The minimum Gasteiger partial charge on any atom is -0.453 e. The Morgan fingerprint density at radius 3 is 2.80 bits per heavy atom. The summed E-state index contributed by atoms with van der Waals surface area (Å²) >= 11 is 3.33. The van der Waals surface area contributed by atoms with E-state index in [4.69, 9.17) is 4.42 Å². The molecule has 84 valence electrons. The van der Waals surface area contributed by atoms with Gasteiger partial charge in [0, 0.05) is 6.04 Å². The van der Waals surface area contributed by atoms with Crippen molar-refractivity contribution in [3.05, 3.63) is 22.6 Å². The van der Waals surface area contributed by atoms with Gasteiger partial charge in [-0.05, 0) is 53.7 Å². The topological polar surface area (TPSA) is 25.2 Å². The minimum absolute atomic E-state index is 0.307. The molecule has 0 saturated heterocycles. The molecule has 0 aliphatic heterocycles. The molecule has 1 aromatic rings. The van der Waals surface area contributed by atoms with E-state index in [0.29, 0.717) is 12.1 Å². The third-order valence-corrected chi connectivity index (χ3v) is 3.77. The van der Waals surface area contributed by atoms with Crippen LogP contribution in [0, 0.1) is 5.92 Å². The van der Waals surface area contributed by atoms with E-state index in [-0.39, 0.29) is 0 Å². The molecule has 1 fully saturated rings. The predicted octanol–water partition coefficient (Wildman–Crippen LogP) is 3.88. The van der Waals surface area contributed by atoms with Gasteiger partial charge < -0.3 is 9.73 Å². The van der Waals surface area contributed by atoms with Gasteiger partial charge in [0.15, 0.2) is 4.67 Å². The summed E-state index contributed by atoms with van der Waals surface area (Å²) in [6.07, 6.45) is 4.01. The molecule has 1 heterocycles. The monoisotopic (exact) mass is 271 g/mol. The largest absolute Gasteiger partial charge is 0.453 e. The van der Waals surface area contributed by atoms with Crippen molar-refractivity contribution in [3.63, 3.8) is 0 Å². The summed E-state index contributed by atoms with van der Waals surface area (Å²) in [5.41, 5.74) is 0. The molecule has 0 radical (unpaired) electrons. The zero-order chi connectivity index (χ0) is 10.8. The molecule has 0 spiro atoms. The molecule has 3 atom stereocenters. The molecule has 3 heteroatoms. The summed E-state index contributed by atoms with van der Waals surface area (Å²) < 4.78 is 6.36. The second-order valence-corrected chi connectivity index (χ2v) is 5.33. The number of hydrogen-bond acceptors (Lipinski definition) is 2. The lowest BCUT2D eigenvalue weighted by atomic mass is 10.1. The minimum atomic E-state index is 0.307. The van der Waals surface area contributed by atoms with Crippen molar-refractivity contribution in [3.8, 4) is 0 Å². The SMILES string of the molecule is CC(NC1CCCC1C)c1ccc(Br)o1. The molecular formula is C12H18BrNO. The summed E-state index contributed by atoms with van der Waals surface area (Å²) in [4.78, 5) is 0. The Bertz CT molecular complexity index is 323. The highest BCUT2D eigenvalue weighted by atomic mass is 79.9. The van der Waals surface area contributed by atoms with Crippen LogP contribution in [-0.4, -0.2) is 6.04 Å². The lowest BCUT2D eigenvalue weighted by Gasteiger charge is -2.21. The average molecular weight is 272 g/mol. The van der Waals surface area contributed by atoms with E-state index in [1.807, 2.05) is 12.1 Å². The summed E-state index contributed by atoms with van der Waals surface area (Å²) in [7, 11) is 0. The third-order valence-electron chi connectivity index (χ3n) is 3.35. The van der Waals surface area contributed by atoms with E-state index in [1.54, 1.807) is 0 Å². The number of hydrogen-bond donors (Lipinski definition) is 1. The standard InChI is InChI=1S/C12H18BrNO/c1-8-4-3-5-10(8)14-9(2)11-6-7-12(13)15-11/h6-10,14H,3-5H2,1-2H3. The Balaban J connectivity index is 1.94. The predicted molar refractivity (Wildman–Crippen MR) is 64.8 cm³/mol. The molecule has 2 rings (SSSR count). The highest BCUT2D eigenvalue weighted by molar-refractivity contribution is 9.10. The Morgan fingerprint density at radius 1 is 1.47 bits per heavy atom. The summed E-state index contributed by atoms with van der Waals surface area (Å²) in [6.45, 7) is 4.49. The molecule has 0 aromatic carbocycles. The van der Waals surface area contributed by atoms with Crippen molar-refractivity contribution in [1.82, 2.24) is 5.32 Å². The summed E-state index contributed by atoms with van der Waals surface area (Å²) in [5.74, 6) is 1.81. The maximum atomic E-state index is 5.54. The van der Waals surface area contributed by atoms with Crippen LogP contribution in [-0.2, 0) is 0 Å². The van der Waals surface area contributed by atoms with Gasteiger partial charge in [0.05, 0.1) is 6.04 Å². The van der Waals surface area contributed by atoms with Gasteiger partial charge >= 0.3 is 0 Å². The molecule has 1 aliphatic rings. The molecule has 0 bridgehead atoms. The Morgan fingerprint density at radius 2 is 2.27 bits per heavy atom. The average Bonchev–Trinajstić information content (AvgIpc) is 2.77. The van der Waals surface area contributed by atoms with Crippen molar-refractivity contribution >= 4 is 15.9 Å². The van der Waals surface area contributed by atoms with Crippen LogP contribution in [0.4, 0.5) is 0 Å². The highest BCUT2D eigenvalue weighted by Crippen LogP contribution is 2.28. The van der Waals surface area contributed by atoms with Crippen LogP contribution >= 0.6 is 15.9 Å². The second kappa shape index (κ2) is 4.71. The number of rotatable bonds is 3. The summed E-state index contributed by atoms with van der Waals surface area (Å²) in [5, 5.41) is 3.64. The van der Waals surface area contributed by atoms with E-state index in [1.165, 1.54) is 19.3 Å². The fourth-order valence-corrected chi connectivity index (χ4v) is 2.68. The van der Waals surface area contributed by atoms with E-state index in [0.717, 1.165) is 16.3 Å². The van der Waals surface area contributed by atoms with Gasteiger partial charge in [-0.15, -0.1) is 0 Å². The van der Waals surface area contributed by atoms with E-state index < -0.39 is 0 Å². The third kappa shape index (κ3) is 2.64. The fourth-order valence-electron chi connectivity index (χ4n) is 2.36. The van der Waals surface area contributed by atoms with Gasteiger partial charge in [-0.1, -0.05) is 13.3 Å². The normalized spacial score (nSPS) is 28.2. The van der Waals surface area contributed by atoms with Crippen LogP contribution < -0.4 is 5.32 Å². The van der Waals surface area contributed by atoms with Crippen LogP contribution in [0.3, 0.4) is 0 Å². The van der Waals surface area contributed by atoms with Crippen LogP contribution in [0.25, 0.3) is 0 Å². The van der Waals surface area contributed by atoms with Gasteiger partial charge in [0.25, 0.3) is 0 Å². The van der Waals surface area contributed by atoms with Crippen molar-refractivity contribution in [2.75, 3.05) is 0 Å². The maximum Gasteiger partial charge on any atom is 0.169 e. The first-order chi connectivity index (χ1) is 7.16. The molecule has 1 aliphatic carbocycles. The molecule has 1 aromatic heterocycles. The Hall–Kier alpha value is -0.280. The molecule has 0 amide bonds. The summed E-state index contributed by atoms with van der Waals surface area (Å²) in [6, 6.07) is 4.94. The van der Waals surface area contributed by atoms with Gasteiger partial charge in [0.1, 0.15) is 5.76 Å². The molecule has 2 nitrogen and oxygen atoms in total. The molecule has 1 saturated carbocycles. The number of nitrogens with one attached hydrogen (secondary N) is 1. The van der Waals surface area contributed by atoms with Gasteiger partial charge in [-0.3, -0.25) is 0 Å². The van der Waals surface area contributed by atoms with Crippen LogP contribution in [0.1, 0.15) is 44.9 Å². The quantitative estimate of drug-likeness (QED) is 0.903. The molecular weight excluding hydrogens is 254 g/mol. The van der Waals surface area contributed by atoms with Crippen molar-refractivity contribution in [2.45, 2.75) is 45.2 Å². The zero-order valence-electron chi connectivity index (χ0n) is 9.29.